The standard InChI is InChI=1S/C16H22N2O3S/c1-12(16(19)17-15-7-9-22(20,21)11-15)18-8-6-13-4-2-3-5-14(13)10-18/h2-5,12,15H,6-11H2,1H3,(H,17,19)/p+1/t12-,15+/m0/s1. The Morgan fingerprint density at radius 1 is 1.32 bits per heavy atom. The molecule has 5 nitrogen and oxygen atoms in total. The lowest BCUT2D eigenvalue weighted by atomic mass is 9.98. The molecule has 120 valence electrons. The molecule has 2 aliphatic rings. The normalized spacial score (nSPS) is 27.9. The first kappa shape index (κ1) is 15.5. The topological polar surface area (TPSA) is 67.7 Å². The van der Waals surface area contributed by atoms with Gasteiger partial charge in [0.25, 0.3) is 5.91 Å². The number of sulfone groups is 1. The van der Waals surface area contributed by atoms with Crippen LogP contribution in [0.4, 0.5) is 0 Å². The number of hydrogen-bond acceptors (Lipinski definition) is 3. The van der Waals surface area contributed by atoms with Gasteiger partial charge in [-0.25, -0.2) is 8.42 Å². The van der Waals surface area contributed by atoms with Crippen molar-refractivity contribution < 1.29 is 18.1 Å². The number of nitrogens with one attached hydrogen (secondary N) is 2. The molecule has 1 aromatic rings. The number of quaternary nitrogens is 1. The van der Waals surface area contributed by atoms with Gasteiger partial charge in [-0.15, -0.1) is 0 Å². The second-order valence-corrected chi connectivity index (χ2v) is 8.66. The lowest BCUT2D eigenvalue weighted by molar-refractivity contribution is -0.929. The van der Waals surface area contributed by atoms with Crippen molar-refractivity contribution >= 4 is 15.7 Å². The van der Waals surface area contributed by atoms with E-state index in [0.717, 1.165) is 19.5 Å². The summed E-state index contributed by atoms with van der Waals surface area (Å²) in [6, 6.07) is 8.01. The maximum absolute atomic E-state index is 12.4. The molecule has 1 unspecified atom stereocenters. The molecule has 2 N–H and O–H groups in total. The van der Waals surface area contributed by atoms with Crippen molar-refractivity contribution in [1.82, 2.24) is 5.32 Å². The molecule has 2 heterocycles. The van der Waals surface area contributed by atoms with E-state index in [2.05, 4.69) is 23.5 Å². The van der Waals surface area contributed by atoms with E-state index in [1.165, 1.54) is 16.0 Å². The average molecular weight is 323 g/mol. The maximum atomic E-state index is 12.4. The molecule has 3 atom stereocenters. The monoisotopic (exact) mass is 323 g/mol. The van der Waals surface area contributed by atoms with Crippen LogP contribution in [0.25, 0.3) is 0 Å². The summed E-state index contributed by atoms with van der Waals surface area (Å²) in [5.74, 6) is 0.247. The summed E-state index contributed by atoms with van der Waals surface area (Å²) in [6.45, 7) is 3.73. The van der Waals surface area contributed by atoms with Crippen molar-refractivity contribution in [3.05, 3.63) is 35.4 Å². The molecule has 1 amide bonds. The van der Waals surface area contributed by atoms with Crippen LogP contribution in [0.3, 0.4) is 0 Å². The van der Waals surface area contributed by atoms with Gasteiger partial charge in [0.05, 0.1) is 18.1 Å². The quantitative estimate of drug-likeness (QED) is 0.774. The Bertz CT molecular complexity index is 672. The molecule has 0 spiro atoms. The Morgan fingerprint density at radius 2 is 2.05 bits per heavy atom. The minimum atomic E-state index is -2.95. The zero-order chi connectivity index (χ0) is 15.7. The van der Waals surface area contributed by atoms with Gasteiger partial charge in [-0.3, -0.25) is 4.79 Å². The lowest BCUT2D eigenvalue weighted by Gasteiger charge is -2.30. The van der Waals surface area contributed by atoms with E-state index in [1.807, 2.05) is 13.0 Å². The first-order valence-corrected chi connectivity index (χ1v) is 9.69. The van der Waals surface area contributed by atoms with Gasteiger partial charge in [-0.2, -0.15) is 0 Å². The van der Waals surface area contributed by atoms with E-state index >= 15 is 0 Å². The summed E-state index contributed by atoms with van der Waals surface area (Å²) in [6.07, 6.45) is 1.53. The van der Waals surface area contributed by atoms with E-state index in [4.69, 9.17) is 0 Å². The third-order valence-corrected chi connectivity index (χ3v) is 6.60. The Balaban J connectivity index is 1.60. The number of amides is 1. The summed E-state index contributed by atoms with van der Waals surface area (Å²) < 4.78 is 22.9. The molecule has 0 saturated carbocycles. The summed E-state index contributed by atoms with van der Waals surface area (Å²) in [4.78, 5) is 13.6. The first-order chi connectivity index (χ1) is 10.4. The number of benzene rings is 1. The highest BCUT2D eigenvalue weighted by Gasteiger charge is 2.33. The van der Waals surface area contributed by atoms with E-state index in [1.54, 1.807) is 0 Å². The fraction of sp³-hybridized carbons (Fsp3) is 0.562. The van der Waals surface area contributed by atoms with Gasteiger partial charge in [-0.1, -0.05) is 24.3 Å². The second kappa shape index (κ2) is 6.01. The van der Waals surface area contributed by atoms with Crippen LogP contribution in [0.5, 0.6) is 0 Å². The van der Waals surface area contributed by atoms with E-state index in [0.29, 0.717) is 6.42 Å². The van der Waals surface area contributed by atoms with Crippen molar-refractivity contribution in [1.29, 1.82) is 0 Å². The second-order valence-electron chi connectivity index (χ2n) is 6.43. The summed E-state index contributed by atoms with van der Waals surface area (Å²) in [5, 5.41) is 2.92. The largest absolute Gasteiger partial charge is 0.347 e. The smallest absolute Gasteiger partial charge is 0.278 e. The van der Waals surface area contributed by atoms with Crippen LogP contribution in [0.2, 0.25) is 0 Å². The Morgan fingerprint density at radius 3 is 2.73 bits per heavy atom. The van der Waals surface area contributed by atoms with Gasteiger partial charge in [-0.05, 0) is 18.9 Å². The van der Waals surface area contributed by atoms with E-state index in [-0.39, 0.29) is 29.5 Å². The van der Waals surface area contributed by atoms with Crippen molar-refractivity contribution in [3.8, 4) is 0 Å². The lowest BCUT2D eigenvalue weighted by Crippen LogP contribution is -3.16. The van der Waals surface area contributed by atoms with E-state index in [9.17, 15) is 13.2 Å². The highest BCUT2D eigenvalue weighted by Crippen LogP contribution is 2.12. The zero-order valence-corrected chi connectivity index (χ0v) is 13.7. The third-order valence-electron chi connectivity index (χ3n) is 4.84. The molecular weight excluding hydrogens is 300 g/mol. The minimum Gasteiger partial charge on any atom is -0.347 e. The SMILES string of the molecule is C[C@@H](C(=O)N[C@@H]1CCS(=O)(=O)C1)[NH+]1CCc2ccccc2C1. The average Bonchev–Trinajstić information content (AvgIpc) is 2.84. The summed E-state index contributed by atoms with van der Waals surface area (Å²) in [7, 11) is -2.95. The Labute approximate surface area is 131 Å². The fourth-order valence-corrected chi connectivity index (χ4v) is 5.07. The Kier molecular flexibility index (Phi) is 4.23. The van der Waals surface area contributed by atoms with Crippen molar-refractivity contribution in [2.45, 2.75) is 38.4 Å². The molecule has 0 bridgehead atoms. The number of carbonyl (C=O) groups excluding carboxylic acids is 1. The van der Waals surface area contributed by atoms with E-state index < -0.39 is 9.84 Å². The highest BCUT2D eigenvalue weighted by molar-refractivity contribution is 7.91. The van der Waals surface area contributed by atoms with Gasteiger partial charge in [0, 0.05) is 18.0 Å². The zero-order valence-electron chi connectivity index (χ0n) is 12.8. The van der Waals surface area contributed by atoms with Crippen LogP contribution >= 0.6 is 0 Å². The molecule has 0 aliphatic carbocycles. The predicted octanol–water partition coefficient (Wildman–Crippen LogP) is -0.681. The highest BCUT2D eigenvalue weighted by atomic mass is 32.2. The molecule has 1 aromatic carbocycles. The minimum absolute atomic E-state index is 0.0310. The van der Waals surface area contributed by atoms with Crippen molar-refractivity contribution in [2.75, 3.05) is 18.1 Å². The van der Waals surface area contributed by atoms with Crippen LogP contribution in [0, 0.1) is 0 Å². The predicted molar refractivity (Wildman–Crippen MR) is 84.3 cm³/mol. The maximum Gasteiger partial charge on any atom is 0.278 e. The molecule has 3 rings (SSSR count). The fourth-order valence-electron chi connectivity index (χ4n) is 3.39. The van der Waals surface area contributed by atoms with Gasteiger partial charge in [0.15, 0.2) is 15.9 Å². The number of hydrogen-bond donors (Lipinski definition) is 2. The molecule has 22 heavy (non-hydrogen) atoms. The molecule has 1 fully saturated rings. The summed E-state index contributed by atoms with van der Waals surface area (Å²) in [5.41, 5.74) is 2.69. The van der Waals surface area contributed by atoms with Gasteiger partial charge in [0.2, 0.25) is 0 Å². The number of carbonyl (C=O) groups is 1. The van der Waals surface area contributed by atoms with Gasteiger partial charge < -0.3 is 10.2 Å². The molecule has 6 heteroatoms. The van der Waals surface area contributed by atoms with Crippen LogP contribution in [-0.4, -0.2) is 44.5 Å². The van der Waals surface area contributed by atoms with Crippen LogP contribution in [-0.2, 0) is 27.6 Å². The van der Waals surface area contributed by atoms with Gasteiger partial charge in [0.1, 0.15) is 6.54 Å². The molecule has 1 saturated heterocycles. The molecule has 0 radical (unpaired) electrons. The molecular formula is C16H23N2O3S+. The number of fused-ring (bicyclic) bond motifs is 1. The molecule has 2 aliphatic heterocycles. The third kappa shape index (κ3) is 3.33. The first-order valence-electron chi connectivity index (χ1n) is 7.87. The van der Waals surface area contributed by atoms with Crippen LogP contribution < -0.4 is 10.2 Å². The van der Waals surface area contributed by atoms with Crippen molar-refractivity contribution in [2.24, 2.45) is 0 Å². The van der Waals surface area contributed by atoms with Crippen LogP contribution in [0.15, 0.2) is 24.3 Å². The molecule has 0 aromatic heterocycles. The summed E-state index contributed by atoms with van der Waals surface area (Å²) >= 11 is 0. The number of rotatable bonds is 3. The Hall–Kier alpha value is -1.40. The van der Waals surface area contributed by atoms with Crippen molar-refractivity contribution in [3.63, 3.8) is 0 Å². The van der Waals surface area contributed by atoms with Gasteiger partial charge >= 0.3 is 0 Å². The van der Waals surface area contributed by atoms with Crippen LogP contribution in [0.1, 0.15) is 24.5 Å².